The second kappa shape index (κ2) is 7.04. The number of nitrogens with one attached hydrogen (secondary N) is 1. The molecule has 1 N–H and O–H groups in total. The van der Waals surface area contributed by atoms with Gasteiger partial charge in [-0.15, -0.1) is 11.8 Å². The SMILES string of the molecule is CC(C#N)(CCCSc1cc(Cl)ccc1Cl)NC1CC1. The van der Waals surface area contributed by atoms with Gasteiger partial charge in [-0.25, -0.2) is 0 Å². The van der Waals surface area contributed by atoms with Crippen molar-refractivity contribution in [3.63, 3.8) is 0 Å². The van der Waals surface area contributed by atoms with E-state index in [1.54, 1.807) is 17.8 Å². The van der Waals surface area contributed by atoms with Crippen LogP contribution < -0.4 is 5.32 Å². The third kappa shape index (κ3) is 4.86. The average Bonchev–Trinajstić information content (AvgIpc) is 3.22. The molecule has 1 aromatic carbocycles. The van der Waals surface area contributed by atoms with Crippen molar-refractivity contribution in [3.05, 3.63) is 28.2 Å². The molecule has 0 aromatic heterocycles. The summed E-state index contributed by atoms with van der Waals surface area (Å²) in [5.74, 6) is 0.934. The maximum absolute atomic E-state index is 9.30. The highest BCUT2D eigenvalue weighted by Crippen LogP contribution is 2.31. The summed E-state index contributed by atoms with van der Waals surface area (Å²) in [4.78, 5) is 1.01. The van der Waals surface area contributed by atoms with Crippen molar-refractivity contribution in [1.29, 1.82) is 5.26 Å². The summed E-state index contributed by atoms with van der Waals surface area (Å²) in [5.41, 5.74) is -0.403. The van der Waals surface area contributed by atoms with Gasteiger partial charge in [0.2, 0.25) is 0 Å². The number of hydrogen-bond donors (Lipinski definition) is 1. The molecule has 1 aliphatic rings. The van der Waals surface area contributed by atoms with Crippen LogP contribution in [0.25, 0.3) is 0 Å². The minimum Gasteiger partial charge on any atom is -0.297 e. The number of rotatable bonds is 7. The second-order valence-corrected chi connectivity index (χ2v) is 7.37. The van der Waals surface area contributed by atoms with E-state index in [2.05, 4.69) is 11.4 Å². The van der Waals surface area contributed by atoms with Crippen molar-refractivity contribution >= 4 is 35.0 Å². The summed E-state index contributed by atoms with van der Waals surface area (Å²) in [7, 11) is 0. The minimum absolute atomic E-state index is 0.403. The predicted octanol–water partition coefficient (Wildman–Crippen LogP) is 4.90. The predicted molar refractivity (Wildman–Crippen MR) is 86.6 cm³/mol. The van der Waals surface area contributed by atoms with Crippen molar-refractivity contribution in [2.45, 2.75) is 49.1 Å². The van der Waals surface area contributed by atoms with Crippen molar-refractivity contribution in [3.8, 4) is 6.07 Å². The number of nitrogens with zero attached hydrogens (tertiary/aromatic N) is 1. The van der Waals surface area contributed by atoms with Crippen LogP contribution in [0.2, 0.25) is 10.0 Å². The normalized spacial score (nSPS) is 17.5. The molecule has 0 radical (unpaired) electrons. The molecule has 1 atom stereocenters. The molecule has 0 spiro atoms. The van der Waals surface area contributed by atoms with E-state index < -0.39 is 5.54 Å². The van der Waals surface area contributed by atoms with Crippen LogP contribution in [-0.2, 0) is 0 Å². The summed E-state index contributed by atoms with van der Waals surface area (Å²) in [6.45, 7) is 1.99. The lowest BCUT2D eigenvalue weighted by atomic mass is 9.98. The van der Waals surface area contributed by atoms with Gasteiger partial charge in [0.1, 0.15) is 5.54 Å². The van der Waals surface area contributed by atoms with Crippen LogP contribution in [0.1, 0.15) is 32.6 Å². The molecule has 2 rings (SSSR count). The Morgan fingerprint density at radius 1 is 1.45 bits per heavy atom. The highest BCUT2D eigenvalue weighted by Gasteiger charge is 2.31. The number of hydrogen-bond acceptors (Lipinski definition) is 3. The molecule has 1 fully saturated rings. The van der Waals surface area contributed by atoms with Gasteiger partial charge < -0.3 is 0 Å². The van der Waals surface area contributed by atoms with E-state index in [0.29, 0.717) is 11.1 Å². The Labute approximate surface area is 134 Å². The van der Waals surface area contributed by atoms with Gasteiger partial charge in [0.15, 0.2) is 0 Å². The molecule has 108 valence electrons. The molecular weight excluding hydrogens is 311 g/mol. The monoisotopic (exact) mass is 328 g/mol. The molecule has 0 saturated heterocycles. The Morgan fingerprint density at radius 2 is 2.20 bits per heavy atom. The number of nitriles is 1. The maximum Gasteiger partial charge on any atom is 0.104 e. The summed E-state index contributed by atoms with van der Waals surface area (Å²) in [6.07, 6.45) is 4.22. The van der Waals surface area contributed by atoms with Gasteiger partial charge in [-0.2, -0.15) is 5.26 Å². The van der Waals surface area contributed by atoms with Crippen LogP contribution in [0, 0.1) is 11.3 Å². The van der Waals surface area contributed by atoms with Crippen molar-refractivity contribution in [1.82, 2.24) is 5.32 Å². The van der Waals surface area contributed by atoms with E-state index in [0.717, 1.165) is 28.5 Å². The van der Waals surface area contributed by atoms with Gasteiger partial charge in [-0.3, -0.25) is 5.32 Å². The maximum atomic E-state index is 9.30. The van der Waals surface area contributed by atoms with Crippen LogP contribution >= 0.6 is 35.0 Å². The summed E-state index contributed by atoms with van der Waals surface area (Å²) >= 11 is 13.8. The summed E-state index contributed by atoms with van der Waals surface area (Å²) in [6, 6.07) is 8.45. The highest BCUT2D eigenvalue weighted by molar-refractivity contribution is 7.99. The third-order valence-electron chi connectivity index (χ3n) is 3.32. The molecule has 1 saturated carbocycles. The Morgan fingerprint density at radius 3 is 2.85 bits per heavy atom. The molecule has 1 aromatic rings. The Bertz CT molecular complexity index is 511. The molecule has 1 aliphatic carbocycles. The highest BCUT2D eigenvalue weighted by atomic mass is 35.5. The molecule has 2 nitrogen and oxygen atoms in total. The van der Waals surface area contributed by atoms with E-state index in [-0.39, 0.29) is 0 Å². The summed E-state index contributed by atoms with van der Waals surface area (Å²) in [5, 5.41) is 14.2. The number of thioether (sulfide) groups is 1. The number of benzene rings is 1. The topological polar surface area (TPSA) is 35.8 Å². The summed E-state index contributed by atoms with van der Waals surface area (Å²) < 4.78 is 0. The van der Waals surface area contributed by atoms with E-state index >= 15 is 0 Å². The Kier molecular flexibility index (Phi) is 5.63. The zero-order valence-corrected chi connectivity index (χ0v) is 13.8. The van der Waals surface area contributed by atoms with E-state index in [1.807, 2.05) is 19.1 Å². The van der Waals surface area contributed by atoms with E-state index in [1.165, 1.54) is 12.8 Å². The molecule has 0 heterocycles. The second-order valence-electron chi connectivity index (χ2n) is 5.39. The first-order chi connectivity index (χ1) is 9.52. The zero-order chi connectivity index (χ0) is 14.6. The largest absolute Gasteiger partial charge is 0.297 e. The molecular formula is C15H18Cl2N2S. The lowest BCUT2D eigenvalue weighted by Crippen LogP contribution is -2.42. The van der Waals surface area contributed by atoms with Gasteiger partial charge in [-0.05, 0) is 56.6 Å². The smallest absolute Gasteiger partial charge is 0.104 e. The quantitative estimate of drug-likeness (QED) is 0.571. The Balaban J connectivity index is 1.77. The van der Waals surface area contributed by atoms with Gasteiger partial charge >= 0.3 is 0 Å². The van der Waals surface area contributed by atoms with Gasteiger partial charge in [0, 0.05) is 16.0 Å². The molecule has 1 unspecified atom stereocenters. The van der Waals surface area contributed by atoms with Crippen LogP contribution in [0.4, 0.5) is 0 Å². The van der Waals surface area contributed by atoms with Crippen LogP contribution in [-0.4, -0.2) is 17.3 Å². The van der Waals surface area contributed by atoms with E-state index in [9.17, 15) is 5.26 Å². The molecule has 0 aliphatic heterocycles. The third-order valence-corrected chi connectivity index (χ3v) is 5.14. The first kappa shape index (κ1) is 16.0. The van der Waals surface area contributed by atoms with E-state index in [4.69, 9.17) is 23.2 Å². The minimum atomic E-state index is -0.403. The molecule has 5 heteroatoms. The van der Waals surface area contributed by atoms with Gasteiger partial charge in [-0.1, -0.05) is 23.2 Å². The molecule has 0 bridgehead atoms. The van der Waals surface area contributed by atoms with Crippen LogP contribution in [0.15, 0.2) is 23.1 Å². The van der Waals surface area contributed by atoms with Crippen molar-refractivity contribution in [2.75, 3.05) is 5.75 Å². The average molecular weight is 329 g/mol. The standard InChI is InChI=1S/C15H18Cl2N2S/c1-15(10-18,19-12-4-5-12)7-2-8-20-14-9-11(16)3-6-13(14)17/h3,6,9,12,19H,2,4-5,7-8H2,1H3. The van der Waals surface area contributed by atoms with Gasteiger partial charge in [0.05, 0.1) is 11.1 Å². The van der Waals surface area contributed by atoms with Crippen molar-refractivity contribution < 1.29 is 0 Å². The fourth-order valence-electron chi connectivity index (χ4n) is 2.03. The van der Waals surface area contributed by atoms with Crippen LogP contribution in [0.5, 0.6) is 0 Å². The van der Waals surface area contributed by atoms with Gasteiger partial charge in [0.25, 0.3) is 0 Å². The first-order valence-corrected chi connectivity index (χ1v) is 8.53. The molecule has 0 amide bonds. The lowest BCUT2D eigenvalue weighted by Gasteiger charge is -2.23. The van der Waals surface area contributed by atoms with Crippen LogP contribution in [0.3, 0.4) is 0 Å². The number of halogens is 2. The first-order valence-electron chi connectivity index (χ1n) is 6.79. The molecule has 20 heavy (non-hydrogen) atoms. The fourth-order valence-corrected chi connectivity index (χ4v) is 3.48. The van der Waals surface area contributed by atoms with Crippen molar-refractivity contribution in [2.24, 2.45) is 0 Å². The Hall–Kier alpha value is -0.400. The fraction of sp³-hybridized carbons (Fsp3) is 0.533. The lowest BCUT2D eigenvalue weighted by molar-refractivity contribution is 0.412. The zero-order valence-electron chi connectivity index (χ0n) is 11.5.